The second kappa shape index (κ2) is 8.44. The molecule has 1 amide bonds. The molecule has 1 aromatic carbocycles. The van der Waals surface area contributed by atoms with Crippen LogP contribution < -0.4 is 0 Å². The molecule has 1 fully saturated rings. The zero-order chi connectivity index (χ0) is 16.1. The number of ether oxygens (including phenoxy) is 1. The Labute approximate surface area is 146 Å². The van der Waals surface area contributed by atoms with Crippen LogP contribution in [0.4, 0.5) is 0 Å². The van der Waals surface area contributed by atoms with Crippen LogP contribution in [-0.4, -0.2) is 41.9 Å². The number of thioether (sulfide) groups is 1. The van der Waals surface area contributed by atoms with Crippen molar-refractivity contribution in [2.45, 2.75) is 38.2 Å². The van der Waals surface area contributed by atoms with Crippen LogP contribution in [0.2, 0.25) is 10.0 Å². The van der Waals surface area contributed by atoms with E-state index in [0.717, 1.165) is 17.1 Å². The maximum absolute atomic E-state index is 12.2. The Bertz CT molecular complexity index is 517. The molecule has 0 saturated carbocycles. The third-order valence-corrected chi connectivity index (χ3v) is 5.25. The molecule has 1 heterocycles. The van der Waals surface area contributed by atoms with E-state index in [2.05, 4.69) is 0 Å². The first-order chi connectivity index (χ1) is 10.5. The number of nitrogens with zero attached hydrogens (tertiary/aromatic N) is 1. The summed E-state index contributed by atoms with van der Waals surface area (Å²) in [6, 6.07) is 5.65. The minimum absolute atomic E-state index is 0.122. The Morgan fingerprint density at radius 1 is 1.27 bits per heavy atom. The van der Waals surface area contributed by atoms with Gasteiger partial charge in [-0.25, -0.2) is 0 Å². The number of halogens is 2. The minimum Gasteiger partial charge on any atom is -0.372 e. The van der Waals surface area contributed by atoms with Gasteiger partial charge in [0.1, 0.15) is 0 Å². The lowest BCUT2D eigenvalue weighted by atomic mass is 10.2. The first-order valence-electron chi connectivity index (χ1n) is 7.40. The molecule has 0 N–H and O–H groups in total. The van der Waals surface area contributed by atoms with Crippen molar-refractivity contribution in [1.82, 2.24) is 4.90 Å². The molecule has 0 bridgehead atoms. The molecule has 0 radical (unpaired) electrons. The van der Waals surface area contributed by atoms with E-state index in [1.165, 1.54) is 0 Å². The van der Waals surface area contributed by atoms with E-state index in [1.54, 1.807) is 17.8 Å². The summed E-state index contributed by atoms with van der Waals surface area (Å²) in [5, 5.41) is 1.15. The molecule has 0 aliphatic carbocycles. The van der Waals surface area contributed by atoms with E-state index in [9.17, 15) is 4.79 Å². The Morgan fingerprint density at radius 2 is 1.95 bits per heavy atom. The maximum atomic E-state index is 12.2. The summed E-state index contributed by atoms with van der Waals surface area (Å²) in [5.74, 6) is 1.85. The van der Waals surface area contributed by atoms with Crippen molar-refractivity contribution in [1.29, 1.82) is 0 Å². The molecule has 2 atom stereocenters. The summed E-state index contributed by atoms with van der Waals surface area (Å²) < 4.78 is 5.65. The maximum Gasteiger partial charge on any atom is 0.223 e. The molecule has 2 rings (SSSR count). The van der Waals surface area contributed by atoms with Crippen LogP contribution >= 0.6 is 35.0 Å². The SMILES string of the molecule is C[C@@H]1CN(C(=O)CCSCc2ccc(Cl)c(Cl)c2)C[C@@H](C)O1. The number of rotatable bonds is 5. The van der Waals surface area contributed by atoms with Crippen molar-refractivity contribution in [2.24, 2.45) is 0 Å². The minimum atomic E-state index is 0.122. The van der Waals surface area contributed by atoms with Crippen LogP contribution in [0.15, 0.2) is 18.2 Å². The van der Waals surface area contributed by atoms with E-state index in [-0.39, 0.29) is 18.1 Å². The molecular formula is C16H21Cl2NO2S. The van der Waals surface area contributed by atoms with Gasteiger partial charge in [0.25, 0.3) is 0 Å². The van der Waals surface area contributed by atoms with Gasteiger partial charge >= 0.3 is 0 Å². The molecule has 1 aromatic rings. The average Bonchev–Trinajstić information content (AvgIpc) is 2.46. The van der Waals surface area contributed by atoms with Gasteiger partial charge in [0, 0.05) is 31.0 Å². The summed E-state index contributed by atoms with van der Waals surface area (Å²) in [6.07, 6.45) is 0.805. The number of carbonyl (C=O) groups excluding carboxylic acids is 1. The zero-order valence-corrected chi connectivity index (χ0v) is 15.2. The van der Waals surface area contributed by atoms with Gasteiger partial charge in [-0.1, -0.05) is 29.3 Å². The average molecular weight is 362 g/mol. The van der Waals surface area contributed by atoms with Crippen LogP contribution in [0.3, 0.4) is 0 Å². The molecule has 1 aliphatic heterocycles. The summed E-state index contributed by atoms with van der Waals surface area (Å²) in [7, 11) is 0. The van der Waals surface area contributed by atoms with Gasteiger partial charge in [-0.3, -0.25) is 4.79 Å². The van der Waals surface area contributed by atoms with E-state index in [0.29, 0.717) is 29.6 Å². The lowest BCUT2D eigenvalue weighted by Crippen LogP contribution is -2.48. The highest BCUT2D eigenvalue weighted by Gasteiger charge is 2.25. The zero-order valence-electron chi connectivity index (χ0n) is 12.9. The molecule has 122 valence electrons. The monoisotopic (exact) mass is 361 g/mol. The summed E-state index contributed by atoms with van der Waals surface area (Å²) in [6.45, 7) is 5.41. The second-order valence-electron chi connectivity index (χ2n) is 5.61. The fraction of sp³-hybridized carbons (Fsp3) is 0.562. The Balaban J connectivity index is 1.71. The van der Waals surface area contributed by atoms with Gasteiger partial charge in [0.05, 0.1) is 22.3 Å². The fourth-order valence-electron chi connectivity index (χ4n) is 2.52. The number of hydrogen-bond acceptors (Lipinski definition) is 3. The Hall–Kier alpha value is -0.420. The number of morpholine rings is 1. The highest BCUT2D eigenvalue weighted by molar-refractivity contribution is 7.98. The number of carbonyl (C=O) groups is 1. The van der Waals surface area contributed by atoms with Crippen molar-refractivity contribution in [2.75, 3.05) is 18.8 Å². The predicted molar refractivity (Wildman–Crippen MR) is 93.8 cm³/mol. The van der Waals surface area contributed by atoms with Crippen molar-refractivity contribution in [3.63, 3.8) is 0 Å². The van der Waals surface area contributed by atoms with Crippen LogP contribution in [0.25, 0.3) is 0 Å². The van der Waals surface area contributed by atoms with E-state index in [1.807, 2.05) is 30.9 Å². The van der Waals surface area contributed by atoms with Crippen molar-refractivity contribution < 1.29 is 9.53 Å². The lowest BCUT2D eigenvalue weighted by molar-refractivity contribution is -0.142. The molecule has 0 unspecified atom stereocenters. The third kappa shape index (κ3) is 5.34. The second-order valence-corrected chi connectivity index (χ2v) is 7.53. The quantitative estimate of drug-likeness (QED) is 0.734. The molecule has 0 spiro atoms. The molecule has 1 saturated heterocycles. The molecule has 3 nitrogen and oxygen atoms in total. The third-order valence-electron chi connectivity index (χ3n) is 3.49. The first-order valence-corrected chi connectivity index (χ1v) is 9.31. The topological polar surface area (TPSA) is 29.5 Å². The summed E-state index contributed by atoms with van der Waals surface area (Å²) in [4.78, 5) is 14.1. The van der Waals surface area contributed by atoms with E-state index >= 15 is 0 Å². The van der Waals surface area contributed by atoms with Crippen LogP contribution in [0, 0.1) is 0 Å². The Kier molecular flexibility index (Phi) is 6.87. The van der Waals surface area contributed by atoms with Crippen molar-refractivity contribution in [3.8, 4) is 0 Å². The molecule has 22 heavy (non-hydrogen) atoms. The smallest absolute Gasteiger partial charge is 0.223 e. The van der Waals surface area contributed by atoms with Gasteiger partial charge < -0.3 is 9.64 Å². The summed E-state index contributed by atoms with van der Waals surface area (Å²) >= 11 is 13.6. The molecular weight excluding hydrogens is 341 g/mol. The largest absolute Gasteiger partial charge is 0.372 e. The van der Waals surface area contributed by atoms with E-state index < -0.39 is 0 Å². The van der Waals surface area contributed by atoms with Gasteiger partial charge in [-0.2, -0.15) is 11.8 Å². The Morgan fingerprint density at radius 3 is 2.59 bits per heavy atom. The highest BCUT2D eigenvalue weighted by Crippen LogP contribution is 2.25. The fourth-order valence-corrected chi connectivity index (χ4v) is 3.72. The highest BCUT2D eigenvalue weighted by atomic mass is 35.5. The molecule has 6 heteroatoms. The van der Waals surface area contributed by atoms with Gasteiger partial charge in [-0.05, 0) is 31.5 Å². The molecule has 0 aromatic heterocycles. The predicted octanol–water partition coefficient (Wildman–Crippen LogP) is 4.25. The van der Waals surface area contributed by atoms with Crippen molar-refractivity contribution >= 4 is 40.9 Å². The first kappa shape index (κ1) is 17.9. The van der Waals surface area contributed by atoms with Crippen LogP contribution in [-0.2, 0) is 15.3 Å². The van der Waals surface area contributed by atoms with Gasteiger partial charge in [0.15, 0.2) is 0 Å². The van der Waals surface area contributed by atoms with Gasteiger partial charge in [-0.15, -0.1) is 0 Å². The number of amides is 1. The van der Waals surface area contributed by atoms with Crippen LogP contribution in [0.1, 0.15) is 25.8 Å². The van der Waals surface area contributed by atoms with Crippen molar-refractivity contribution in [3.05, 3.63) is 33.8 Å². The molecule has 1 aliphatic rings. The number of benzene rings is 1. The van der Waals surface area contributed by atoms with E-state index in [4.69, 9.17) is 27.9 Å². The number of hydrogen-bond donors (Lipinski definition) is 0. The standard InChI is InChI=1S/C16H21Cl2NO2S/c1-11-8-19(9-12(2)21-11)16(20)5-6-22-10-13-3-4-14(17)15(18)7-13/h3-4,7,11-12H,5-6,8-10H2,1-2H3/t11-,12-/m1/s1. The van der Waals surface area contributed by atoms with Crippen LogP contribution in [0.5, 0.6) is 0 Å². The lowest BCUT2D eigenvalue weighted by Gasteiger charge is -2.35. The normalized spacial score (nSPS) is 21.9. The van der Waals surface area contributed by atoms with Gasteiger partial charge in [0.2, 0.25) is 5.91 Å². The summed E-state index contributed by atoms with van der Waals surface area (Å²) in [5.41, 5.74) is 1.13.